The lowest BCUT2D eigenvalue weighted by Gasteiger charge is -2.23. The van der Waals surface area contributed by atoms with E-state index in [0.717, 1.165) is 11.1 Å². The summed E-state index contributed by atoms with van der Waals surface area (Å²) in [6.07, 6.45) is 0. The van der Waals surface area contributed by atoms with Gasteiger partial charge in [0.05, 0.1) is 17.2 Å². The molecular weight excluding hydrogens is 346 g/mol. The van der Waals surface area contributed by atoms with Crippen molar-refractivity contribution in [3.05, 3.63) is 58.7 Å². The molecule has 140 valence electrons. The van der Waals surface area contributed by atoms with Gasteiger partial charge in [-0.3, -0.25) is 19.3 Å². The van der Waals surface area contributed by atoms with Crippen LogP contribution < -0.4 is 9.47 Å². The van der Waals surface area contributed by atoms with Gasteiger partial charge in [-0.05, 0) is 56.2 Å². The molecule has 0 aliphatic carbocycles. The highest BCUT2D eigenvalue weighted by Gasteiger charge is 2.38. The van der Waals surface area contributed by atoms with Gasteiger partial charge in [-0.1, -0.05) is 12.1 Å². The first kappa shape index (κ1) is 18.6. The summed E-state index contributed by atoms with van der Waals surface area (Å²) in [5, 5.41) is 0. The Labute approximate surface area is 157 Å². The molecule has 0 radical (unpaired) electrons. The third kappa shape index (κ3) is 3.56. The van der Waals surface area contributed by atoms with Gasteiger partial charge in [0.2, 0.25) is 0 Å². The summed E-state index contributed by atoms with van der Waals surface area (Å²) >= 11 is 0. The molecule has 3 rings (SSSR count). The maximum absolute atomic E-state index is 12.5. The van der Waals surface area contributed by atoms with Crippen molar-refractivity contribution >= 4 is 17.8 Å². The Morgan fingerprint density at radius 3 is 2.04 bits per heavy atom. The van der Waals surface area contributed by atoms with Crippen LogP contribution >= 0.6 is 0 Å². The Morgan fingerprint density at radius 1 is 1.04 bits per heavy atom. The molecule has 2 amide bonds. The van der Waals surface area contributed by atoms with Gasteiger partial charge in [0, 0.05) is 6.92 Å². The zero-order valence-corrected chi connectivity index (χ0v) is 15.7. The molecule has 0 spiro atoms. The van der Waals surface area contributed by atoms with E-state index in [0.29, 0.717) is 22.6 Å². The van der Waals surface area contributed by atoms with Crippen molar-refractivity contribution in [1.82, 2.24) is 4.90 Å². The first-order chi connectivity index (χ1) is 12.8. The van der Waals surface area contributed by atoms with E-state index in [9.17, 15) is 14.4 Å². The Morgan fingerprint density at radius 2 is 1.56 bits per heavy atom. The first-order valence-electron chi connectivity index (χ1n) is 8.69. The smallest absolute Gasteiger partial charge is 0.308 e. The minimum atomic E-state index is -0.427. The molecule has 1 heterocycles. The molecule has 1 aliphatic heterocycles. The van der Waals surface area contributed by atoms with Crippen molar-refractivity contribution in [3.8, 4) is 11.5 Å². The van der Waals surface area contributed by atoms with Crippen LogP contribution in [0.1, 0.15) is 45.7 Å². The topological polar surface area (TPSA) is 72.9 Å². The number of aryl methyl sites for hydroxylation is 2. The van der Waals surface area contributed by atoms with Crippen molar-refractivity contribution < 1.29 is 23.9 Å². The second kappa shape index (κ2) is 7.23. The molecule has 2 aromatic carbocycles. The minimum absolute atomic E-state index is 0.167. The van der Waals surface area contributed by atoms with E-state index in [1.54, 1.807) is 43.3 Å². The zero-order valence-electron chi connectivity index (χ0n) is 15.7. The molecule has 0 saturated heterocycles. The lowest BCUT2D eigenvalue weighted by molar-refractivity contribution is -0.131. The summed E-state index contributed by atoms with van der Waals surface area (Å²) in [5.41, 5.74) is 2.46. The average molecular weight is 367 g/mol. The van der Waals surface area contributed by atoms with Crippen molar-refractivity contribution in [2.75, 3.05) is 6.61 Å². The molecule has 2 aromatic rings. The molecule has 27 heavy (non-hydrogen) atoms. The fourth-order valence-corrected chi connectivity index (χ4v) is 3.25. The largest absolute Gasteiger partial charge is 0.491 e. The molecule has 0 fully saturated rings. The summed E-state index contributed by atoms with van der Waals surface area (Å²) in [6, 6.07) is 9.81. The molecular formula is C21H21NO5. The third-order valence-corrected chi connectivity index (χ3v) is 4.43. The predicted molar refractivity (Wildman–Crippen MR) is 99.1 cm³/mol. The number of hydrogen-bond acceptors (Lipinski definition) is 5. The van der Waals surface area contributed by atoms with E-state index in [2.05, 4.69) is 0 Å². The summed E-state index contributed by atoms with van der Waals surface area (Å²) in [4.78, 5) is 37.4. The number of rotatable bonds is 5. The van der Waals surface area contributed by atoms with Crippen LogP contribution in [-0.4, -0.2) is 35.3 Å². The second-order valence-electron chi connectivity index (χ2n) is 6.67. The number of carbonyl (C=O) groups excluding carboxylic acids is 3. The number of fused-ring (bicyclic) bond motifs is 1. The van der Waals surface area contributed by atoms with Crippen molar-refractivity contribution in [3.63, 3.8) is 0 Å². The van der Waals surface area contributed by atoms with Gasteiger partial charge in [-0.2, -0.15) is 0 Å². The van der Waals surface area contributed by atoms with E-state index in [4.69, 9.17) is 9.47 Å². The Hall–Kier alpha value is -3.15. The number of benzene rings is 2. The first-order valence-corrected chi connectivity index (χ1v) is 8.69. The van der Waals surface area contributed by atoms with Crippen LogP contribution in [0.4, 0.5) is 0 Å². The maximum atomic E-state index is 12.5. The van der Waals surface area contributed by atoms with Crippen LogP contribution in [0.5, 0.6) is 11.5 Å². The SMILES string of the molecule is CC(=O)Oc1cc(C)c(OC[C@H](C)N2C(=O)c3ccccc3C2=O)c(C)c1. The molecule has 0 saturated carbocycles. The normalized spacial score (nSPS) is 14.1. The number of amides is 2. The van der Waals surface area contributed by atoms with Crippen LogP contribution in [0.3, 0.4) is 0 Å². The van der Waals surface area contributed by atoms with Crippen molar-refractivity contribution in [1.29, 1.82) is 0 Å². The highest BCUT2D eigenvalue weighted by atomic mass is 16.5. The fourth-order valence-electron chi connectivity index (χ4n) is 3.25. The number of imide groups is 1. The van der Waals surface area contributed by atoms with Crippen LogP contribution in [0.2, 0.25) is 0 Å². The van der Waals surface area contributed by atoms with Gasteiger partial charge in [0.1, 0.15) is 18.1 Å². The van der Waals surface area contributed by atoms with Gasteiger partial charge in [0.25, 0.3) is 11.8 Å². The van der Waals surface area contributed by atoms with Crippen LogP contribution in [0.25, 0.3) is 0 Å². The van der Waals surface area contributed by atoms with Crippen LogP contribution in [-0.2, 0) is 4.79 Å². The van der Waals surface area contributed by atoms with E-state index in [-0.39, 0.29) is 24.4 Å². The van der Waals surface area contributed by atoms with E-state index in [1.165, 1.54) is 11.8 Å². The Kier molecular flexibility index (Phi) is 4.99. The quantitative estimate of drug-likeness (QED) is 0.461. The zero-order chi connectivity index (χ0) is 19.7. The summed E-state index contributed by atoms with van der Waals surface area (Å²) in [7, 11) is 0. The van der Waals surface area contributed by atoms with E-state index >= 15 is 0 Å². The average Bonchev–Trinajstić information content (AvgIpc) is 2.85. The molecule has 1 atom stereocenters. The lowest BCUT2D eigenvalue weighted by atomic mass is 10.1. The predicted octanol–water partition coefficient (Wildman–Crippen LogP) is 3.29. The number of ether oxygens (including phenoxy) is 2. The molecule has 0 aromatic heterocycles. The van der Waals surface area contributed by atoms with Crippen LogP contribution in [0.15, 0.2) is 36.4 Å². The van der Waals surface area contributed by atoms with E-state index < -0.39 is 6.04 Å². The molecule has 0 bridgehead atoms. The lowest BCUT2D eigenvalue weighted by Crippen LogP contribution is -2.41. The van der Waals surface area contributed by atoms with Crippen molar-refractivity contribution in [2.45, 2.75) is 33.7 Å². The Balaban J connectivity index is 1.73. The third-order valence-electron chi connectivity index (χ3n) is 4.43. The number of hydrogen-bond donors (Lipinski definition) is 0. The maximum Gasteiger partial charge on any atom is 0.308 e. The molecule has 6 heteroatoms. The minimum Gasteiger partial charge on any atom is -0.491 e. The molecule has 0 unspecified atom stereocenters. The van der Waals surface area contributed by atoms with Crippen LogP contribution in [0, 0.1) is 13.8 Å². The summed E-state index contributed by atoms with van der Waals surface area (Å²) in [5.74, 6) is 0.116. The molecule has 6 nitrogen and oxygen atoms in total. The van der Waals surface area contributed by atoms with Crippen molar-refractivity contribution in [2.24, 2.45) is 0 Å². The second-order valence-corrected chi connectivity index (χ2v) is 6.67. The molecule has 0 N–H and O–H groups in total. The van der Waals surface area contributed by atoms with Gasteiger partial charge in [0.15, 0.2) is 0 Å². The molecule has 1 aliphatic rings. The fraction of sp³-hybridized carbons (Fsp3) is 0.286. The Bertz CT molecular complexity index is 876. The van der Waals surface area contributed by atoms with Gasteiger partial charge >= 0.3 is 5.97 Å². The highest BCUT2D eigenvalue weighted by molar-refractivity contribution is 6.21. The standard InChI is InChI=1S/C21H21NO5/c1-12-9-16(27-15(4)23)10-13(2)19(12)26-11-14(3)22-20(24)17-7-5-6-8-18(17)21(22)25/h5-10,14H,11H2,1-4H3/t14-/m0/s1. The number of carbonyl (C=O) groups is 3. The van der Waals surface area contributed by atoms with Gasteiger partial charge < -0.3 is 9.47 Å². The van der Waals surface area contributed by atoms with Gasteiger partial charge in [-0.25, -0.2) is 0 Å². The monoisotopic (exact) mass is 367 g/mol. The highest BCUT2D eigenvalue weighted by Crippen LogP contribution is 2.30. The number of nitrogens with zero attached hydrogens (tertiary/aromatic N) is 1. The van der Waals surface area contributed by atoms with Gasteiger partial charge in [-0.15, -0.1) is 0 Å². The number of esters is 1. The summed E-state index contributed by atoms with van der Waals surface area (Å²) < 4.78 is 11.0. The van der Waals surface area contributed by atoms with E-state index in [1.807, 2.05) is 13.8 Å². The summed E-state index contributed by atoms with van der Waals surface area (Å²) in [6.45, 7) is 6.99.